The largest absolute Gasteiger partial charge is 0.384 e. The molecule has 0 unspecified atom stereocenters. The predicted molar refractivity (Wildman–Crippen MR) is 111 cm³/mol. The average Bonchev–Trinajstić information content (AvgIpc) is 3.15. The van der Waals surface area contributed by atoms with Crippen molar-refractivity contribution in [3.8, 4) is 0 Å². The van der Waals surface area contributed by atoms with E-state index in [-0.39, 0.29) is 5.91 Å². The Labute approximate surface area is 167 Å². The molecule has 7 heteroatoms. The minimum absolute atomic E-state index is 0.165. The molecule has 0 aliphatic heterocycles. The Morgan fingerprint density at radius 2 is 1.85 bits per heavy atom. The summed E-state index contributed by atoms with van der Waals surface area (Å²) in [5.74, 6) is 0.629. The van der Waals surface area contributed by atoms with Crippen LogP contribution in [0, 0.1) is 0 Å². The van der Waals surface area contributed by atoms with E-state index in [9.17, 15) is 4.79 Å². The predicted octanol–water partition coefficient (Wildman–Crippen LogP) is 4.31. The van der Waals surface area contributed by atoms with Crippen LogP contribution in [-0.4, -0.2) is 35.6 Å². The van der Waals surface area contributed by atoms with Crippen LogP contribution in [0.5, 0.6) is 0 Å². The molecule has 2 aromatic carbocycles. The van der Waals surface area contributed by atoms with Gasteiger partial charge in [-0.05, 0) is 24.1 Å². The Morgan fingerprint density at radius 3 is 2.67 bits per heavy atom. The van der Waals surface area contributed by atoms with Gasteiger partial charge in [0, 0.05) is 24.2 Å². The van der Waals surface area contributed by atoms with Gasteiger partial charge in [0.15, 0.2) is 0 Å². The first-order valence-corrected chi connectivity index (χ1v) is 10.4. The number of hydrogen-bond acceptors (Lipinski definition) is 6. The van der Waals surface area contributed by atoms with Gasteiger partial charge in [-0.1, -0.05) is 53.8 Å². The van der Waals surface area contributed by atoms with E-state index in [4.69, 9.17) is 4.74 Å². The smallest absolute Gasteiger partial charge is 0.258 e. The number of aryl methyl sites for hydroxylation is 2. The molecule has 1 heterocycles. The van der Waals surface area contributed by atoms with Crippen molar-refractivity contribution >= 4 is 34.1 Å². The molecule has 1 amide bonds. The van der Waals surface area contributed by atoms with E-state index in [2.05, 4.69) is 27.6 Å². The van der Waals surface area contributed by atoms with Crippen molar-refractivity contribution in [1.29, 1.82) is 0 Å². The summed E-state index contributed by atoms with van der Waals surface area (Å²) in [7, 11) is 1.67. The van der Waals surface area contributed by atoms with E-state index in [1.807, 2.05) is 42.5 Å². The Kier molecular flexibility index (Phi) is 7.38. The van der Waals surface area contributed by atoms with Crippen LogP contribution in [0.1, 0.15) is 20.9 Å². The van der Waals surface area contributed by atoms with Gasteiger partial charge in [0.1, 0.15) is 5.01 Å². The van der Waals surface area contributed by atoms with Gasteiger partial charge in [-0.2, -0.15) is 0 Å². The van der Waals surface area contributed by atoms with E-state index in [1.165, 1.54) is 16.9 Å². The summed E-state index contributed by atoms with van der Waals surface area (Å²) >= 11 is 3.02. The highest BCUT2D eigenvalue weighted by molar-refractivity contribution is 7.99. The van der Waals surface area contributed by atoms with Crippen molar-refractivity contribution in [2.75, 3.05) is 24.8 Å². The number of thioether (sulfide) groups is 1. The molecule has 0 spiro atoms. The van der Waals surface area contributed by atoms with Gasteiger partial charge in [-0.3, -0.25) is 10.1 Å². The number of carbonyl (C=O) groups is 1. The number of amides is 1. The van der Waals surface area contributed by atoms with Crippen LogP contribution in [-0.2, 0) is 17.6 Å². The van der Waals surface area contributed by atoms with Gasteiger partial charge in [-0.25, -0.2) is 0 Å². The number of anilines is 1. The number of rotatable bonds is 9. The zero-order valence-electron chi connectivity index (χ0n) is 15.1. The summed E-state index contributed by atoms with van der Waals surface area (Å²) in [4.78, 5) is 13.6. The molecule has 0 atom stereocenters. The standard InChI is InChI=1S/C20H21N3O2S2/c1-25-13-14-26-17-10-6-5-9-16(17)19(24)21-20-23-22-18(27-20)12-11-15-7-3-2-4-8-15/h2-10H,11-14H2,1H3,(H,21,23,24). The second-order valence-electron chi connectivity index (χ2n) is 5.78. The first-order chi connectivity index (χ1) is 13.3. The summed E-state index contributed by atoms with van der Waals surface area (Å²) in [6, 6.07) is 17.8. The second kappa shape index (κ2) is 10.2. The summed E-state index contributed by atoms with van der Waals surface area (Å²) in [6.07, 6.45) is 1.71. The monoisotopic (exact) mass is 399 g/mol. The van der Waals surface area contributed by atoms with Crippen molar-refractivity contribution in [2.24, 2.45) is 0 Å². The third-order valence-corrected chi connectivity index (χ3v) is 5.77. The molecule has 1 aromatic heterocycles. The Balaban J connectivity index is 1.59. The van der Waals surface area contributed by atoms with Gasteiger partial charge in [0.25, 0.3) is 5.91 Å². The molecule has 0 fully saturated rings. The second-order valence-corrected chi connectivity index (χ2v) is 7.98. The zero-order chi connectivity index (χ0) is 18.9. The van der Waals surface area contributed by atoms with E-state index in [0.717, 1.165) is 28.5 Å². The third kappa shape index (κ3) is 5.89. The molecule has 0 aliphatic rings. The quantitative estimate of drug-likeness (QED) is 0.429. The van der Waals surface area contributed by atoms with Crippen molar-refractivity contribution in [3.63, 3.8) is 0 Å². The number of ether oxygens (including phenoxy) is 1. The lowest BCUT2D eigenvalue weighted by Crippen LogP contribution is -2.13. The lowest BCUT2D eigenvalue weighted by atomic mass is 10.1. The Bertz CT molecular complexity index is 868. The van der Waals surface area contributed by atoms with Crippen LogP contribution in [0.2, 0.25) is 0 Å². The highest BCUT2D eigenvalue weighted by atomic mass is 32.2. The van der Waals surface area contributed by atoms with Gasteiger partial charge < -0.3 is 4.74 Å². The van der Waals surface area contributed by atoms with Crippen LogP contribution in [0.4, 0.5) is 5.13 Å². The molecule has 0 radical (unpaired) electrons. The fourth-order valence-corrected chi connectivity index (χ4v) is 4.18. The molecule has 3 aromatic rings. The number of methoxy groups -OCH3 is 1. The molecule has 0 saturated heterocycles. The highest BCUT2D eigenvalue weighted by Gasteiger charge is 2.14. The summed E-state index contributed by atoms with van der Waals surface area (Å²) < 4.78 is 5.08. The van der Waals surface area contributed by atoms with Gasteiger partial charge in [0.05, 0.1) is 12.2 Å². The van der Waals surface area contributed by atoms with Crippen LogP contribution < -0.4 is 5.32 Å². The number of carbonyl (C=O) groups excluding carboxylic acids is 1. The van der Waals surface area contributed by atoms with Gasteiger partial charge in [0.2, 0.25) is 5.13 Å². The van der Waals surface area contributed by atoms with E-state index in [0.29, 0.717) is 17.3 Å². The molecular weight excluding hydrogens is 378 g/mol. The molecule has 140 valence electrons. The van der Waals surface area contributed by atoms with Gasteiger partial charge in [-0.15, -0.1) is 22.0 Å². The molecule has 27 heavy (non-hydrogen) atoms. The first-order valence-electron chi connectivity index (χ1n) is 8.64. The fraction of sp³-hybridized carbons (Fsp3) is 0.250. The maximum atomic E-state index is 12.6. The summed E-state index contributed by atoms with van der Waals surface area (Å²) in [5, 5.41) is 12.6. The minimum Gasteiger partial charge on any atom is -0.384 e. The van der Waals surface area contributed by atoms with Crippen molar-refractivity contribution in [3.05, 3.63) is 70.7 Å². The third-order valence-electron chi connectivity index (χ3n) is 3.83. The molecule has 5 nitrogen and oxygen atoms in total. The minimum atomic E-state index is -0.165. The average molecular weight is 400 g/mol. The molecule has 0 aliphatic carbocycles. The molecule has 1 N–H and O–H groups in total. The lowest BCUT2D eigenvalue weighted by Gasteiger charge is -2.08. The SMILES string of the molecule is COCCSc1ccccc1C(=O)Nc1nnc(CCc2ccccc2)s1. The lowest BCUT2D eigenvalue weighted by molar-refractivity contribution is 0.102. The fourth-order valence-electron chi connectivity index (χ4n) is 2.48. The Hall–Kier alpha value is -2.22. The number of nitrogens with zero attached hydrogens (tertiary/aromatic N) is 2. The maximum absolute atomic E-state index is 12.6. The van der Waals surface area contributed by atoms with Crippen LogP contribution in [0.15, 0.2) is 59.5 Å². The topological polar surface area (TPSA) is 64.1 Å². The van der Waals surface area contributed by atoms with Crippen LogP contribution in [0.3, 0.4) is 0 Å². The number of benzene rings is 2. The zero-order valence-corrected chi connectivity index (χ0v) is 16.7. The van der Waals surface area contributed by atoms with Crippen molar-refractivity contribution in [1.82, 2.24) is 10.2 Å². The van der Waals surface area contributed by atoms with Crippen LogP contribution >= 0.6 is 23.1 Å². The molecule has 0 saturated carbocycles. The van der Waals surface area contributed by atoms with Crippen LogP contribution in [0.25, 0.3) is 0 Å². The van der Waals surface area contributed by atoms with Crippen molar-refractivity contribution < 1.29 is 9.53 Å². The number of aromatic nitrogens is 2. The Morgan fingerprint density at radius 1 is 1.07 bits per heavy atom. The summed E-state index contributed by atoms with van der Waals surface area (Å²) in [6.45, 7) is 0.641. The molecule has 0 bridgehead atoms. The van der Waals surface area contributed by atoms with Crippen molar-refractivity contribution in [2.45, 2.75) is 17.7 Å². The normalized spacial score (nSPS) is 10.7. The number of nitrogens with one attached hydrogen (secondary N) is 1. The highest BCUT2D eigenvalue weighted by Crippen LogP contribution is 2.24. The van der Waals surface area contributed by atoms with Gasteiger partial charge >= 0.3 is 0 Å². The maximum Gasteiger partial charge on any atom is 0.258 e. The first kappa shape index (κ1) is 19.5. The van der Waals surface area contributed by atoms with E-state index < -0.39 is 0 Å². The summed E-state index contributed by atoms with van der Waals surface area (Å²) in [5.41, 5.74) is 1.90. The van der Waals surface area contributed by atoms with E-state index in [1.54, 1.807) is 18.9 Å². The van der Waals surface area contributed by atoms with E-state index >= 15 is 0 Å². The molecule has 3 rings (SSSR count). The number of hydrogen-bond donors (Lipinski definition) is 1. The molecular formula is C20H21N3O2S2.